The first kappa shape index (κ1) is 16.6. The van der Waals surface area contributed by atoms with Crippen LogP contribution in [0.5, 0.6) is 0 Å². The Kier molecular flexibility index (Phi) is 3.72. The van der Waals surface area contributed by atoms with Crippen molar-refractivity contribution in [3.63, 3.8) is 0 Å². The molecule has 1 aromatic carbocycles. The molecule has 6 nitrogen and oxygen atoms in total. The number of urea groups is 1. The third-order valence-electron chi connectivity index (χ3n) is 5.27. The van der Waals surface area contributed by atoms with Gasteiger partial charge in [0.25, 0.3) is 0 Å². The lowest BCUT2D eigenvalue weighted by Gasteiger charge is -2.54. The lowest BCUT2D eigenvalue weighted by atomic mass is 9.72. The van der Waals surface area contributed by atoms with Crippen LogP contribution in [0.2, 0.25) is 0 Å². The number of fused-ring (bicyclic) bond motifs is 1. The number of aromatic nitrogens is 3. The number of nitrogens with one attached hydrogen (secondary N) is 1. The van der Waals surface area contributed by atoms with E-state index in [4.69, 9.17) is 0 Å². The second kappa shape index (κ2) is 5.83. The first-order valence-corrected chi connectivity index (χ1v) is 8.78. The van der Waals surface area contributed by atoms with Crippen LogP contribution in [0.3, 0.4) is 0 Å². The molecule has 6 heteroatoms. The number of amides is 2. The molecule has 1 atom stereocenters. The van der Waals surface area contributed by atoms with Crippen molar-refractivity contribution in [1.82, 2.24) is 19.7 Å². The maximum atomic E-state index is 12.8. The van der Waals surface area contributed by atoms with Crippen molar-refractivity contribution in [2.45, 2.75) is 26.8 Å². The maximum Gasteiger partial charge on any atom is 0.322 e. The third kappa shape index (κ3) is 2.62. The average Bonchev–Trinajstić information content (AvgIpc) is 2.87. The minimum atomic E-state index is -0.0924. The fourth-order valence-electron chi connectivity index (χ4n) is 3.89. The van der Waals surface area contributed by atoms with Crippen LogP contribution in [0.15, 0.2) is 42.7 Å². The Morgan fingerprint density at radius 2 is 2.12 bits per heavy atom. The number of carbonyl (C=O) groups is 1. The van der Waals surface area contributed by atoms with Gasteiger partial charge in [0, 0.05) is 48.2 Å². The van der Waals surface area contributed by atoms with Crippen molar-refractivity contribution in [1.29, 1.82) is 0 Å². The third-order valence-corrected chi connectivity index (χ3v) is 5.27. The lowest BCUT2D eigenvalue weighted by Crippen LogP contribution is -2.59. The van der Waals surface area contributed by atoms with Gasteiger partial charge < -0.3 is 10.2 Å². The fourth-order valence-corrected chi connectivity index (χ4v) is 3.89. The zero-order chi connectivity index (χ0) is 18.5. The fraction of sp³-hybridized carbons (Fsp3) is 0.350. The van der Waals surface area contributed by atoms with Crippen molar-refractivity contribution >= 4 is 22.6 Å². The lowest BCUT2D eigenvalue weighted by molar-refractivity contribution is -0.0117. The van der Waals surface area contributed by atoms with E-state index in [0.29, 0.717) is 6.54 Å². The van der Waals surface area contributed by atoms with Crippen molar-refractivity contribution in [3.8, 4) is 0 Å². The second-order valence-corrected chi connectivity index (χ2v) is 7.68. The molecule has 1 N–H and O–H groups in total. The topological polar surface area (TPSA) is 63.1 Å². The Balaban J connectivity index is 1.56. The van der Waals surface area contributed by atoms with Gasteiger partial charge >= 0.3 is 6.03 Å². The van der Waals surface area contributed by atoms with E-state index in [9.17, 15) is 4.79 Å². The molecular formula is C20H23N5O. The molecule has 26 heavy (non-hydrogen) atoms. The van der Waals surface area contributed by atoms with Gasteiger partial charge in [-0.15, -0.1) is 0 Å². The molecule has 0 saturated carbocycles. The Hall–Kier alpha value is -2.89. The number of carbonyl (C=O) groups excluding carboxylic acids is 1. The summed E-state index contributed by atoms with van der Waals surface area (Å²) < 4.78 is 1.85. The Bertz CT molecular complexity index is 977. The van der Waals surface area contributed by atoms with Crippen LogP contribution < -0.4 is 5.32 Å². The Morgan fingerprint density at radius 3 is 2.81 bits per heavy atom. The summed E-state index contributed by atoms with van der Waals surface area (Å²) in [6.07, 6.45) is 3.60. The van der Waals surface area contributed by atoms with Crippen molar-refractivity contribution in [3.05, 3.63) is 54.0 Å². The van der Waals surface area contributed by atoms with Crippen molar-refractivity contribution in [2.75, 3.05) is 11.9 Å². The highest BCUT2D eigenvalue weighted by Crippen LogP contribution is 2.48. The van der Waals surface area contributed by atoms with Gasteiger partial charge in [-0.3, -0.25) is 9.67 Å². The van der Waals surface area contributed by atoms with Crippen LogP contribution in [0.1, 0.15) is 31.1 Å². The van der Waals surface area contributed by atoms with Gasteiger partial charge in [0.05, 0.1) is 11.6 Å². The predicted molar refractivity (Wildman–Crippen MR) is 102 cm³/mol. The summed E-state index contributed by atoms with van der Waals surface area (Å²) in [5.41, 5.74) is 3.85. The molecule has 2 aromatic heterocycles. The van der Waals surface area contributed by atoms with E-state index in [2.05, 4.69) is 29.2 Å². The number of hydrogen-bond donors (Lipinski definition) is 1. The van der Waals surface area contributed by atoms with Crippen LogP contribution in [0.4, 0.5) is 10.5 Å². The maximum absolute atomic E-state index is 12.8. The van der Waals surface area contributed by atoms with Gasteiger partial charge in [-0.05, 0) is 36.8 Å². The Morgan fingerprint density at radius 1 is 1.31 bits per heavy atom. The number of aryl methyl sites for hydroxylation is 2. The molecule has 0 radical (unpaired) electrons. The van der Waals surface area contributed by atoms with E-state index < -0.39 is 0 Å². The second-order valence-electron chi connectivity index (χ2n) is 7.68. The van der Waals surface area contributed by atoms with Crippen LogP contribution in [-0.4, -0.2) is 32.2 Å². The predicted octanol–water partition coefficient (Wildman–Crippen LogP) is 3.89. The van der Waals surface area contributed by atoms with Crippen LogP contribution in [0, 0.1) is 12.3 Å². The molecule has 1 saturated heterocycles. The first-order chi connectivity index (χ1) is 12.4. The number of likely N-dealkylation sites (tertiary alicyclic amines) is 1. The number of nitrogens with zero attached hydrogens (tertiary/aromatic N) is 4. The Labute approximate surface area is 152 Å². The quantitative estimate of drug-likeness (QED) is 0.763. The van der Waals surface area contributed by atoms with Gasteiger partial charge in [-0.2, -0.15) is 5.10 Å². The zero-order valence-corrected chi connectivity index (χ0v) is 15.5. The van der Waals surface area contributed by atoms with E-state index in [1.165, 1.54) is 0 Å². The molecule has 0 spiro atoms. The first-order valence-electron chi connectivity index (χ1n) is 8.78. The van der Waals surface area contributed by atoms with E-state index in [0.717, 1.165) is 27.8 Å². The molecule has 4 rings (SSSR count). The van der Waals surface area contributed by atoms with Gasteiger partial charge in [0.2, 0.25) is 0 Å². The number of hydrogen-bond acceptors (Lipinski definition) is 3. The van der Waals surface area contributed by atoms with E-state index >= 15 is 0 Å². The zero-order valence-electron chi connectivity index (χ0n) is 15.5. The molecule has 1 aliphatic rings. The molecular weight excluding hydrogens is 326 g/mol. The summed E-state index contributed by atoms with van der Waals surface area (Å²) in [7, 11) is 1.92. The summed E-state index contributed by atoms with van der Waals surface area (Å²) in [6, 6.07) is 9.73. The van der Waals surface area contributed by atoms with Crippen molar-refractivity contribution in [2.24, 2.45) is 12.5 Å². The molecule has 0 aliphatic carbocycles. The number of anilines is 1. The SMILES string of the molecule is Cc1c2ccc(NC(=O)N3CC(C)(C)C3c3cccnc3)cc2nn1C. The van der Waals surface area contributed by atoms with E-state index in [1.54, 1.807) is 6.20 Å². The van der Waals surface area contributed by atoms with Gasteiger partial charge in [0.1, 0.15) is 0 Å². The van der Waals surface area contributed by atoms with Gasteiger partial charge in [0.15, 0.2) is 0 Å². The summed E-state index contributed by atoms with van der Waals surface area (Å²) in [4.78, 5) is 18.9. The van der Waals surface area contributed by atoms with Gasteiger partial charge in [-0.25, -0.2) is 4.79 Å². The van der Waals surface area contributed by atoms with Crippen LogP contribution in [0.25, 0.3) is 10.9 Å². The molecule has 1 fully saturated rings. The smallest absolute Gasteiger partial charge is 0.316 e. The highest BCUT2D eigenvalue weighted by atomic mass is 16.2. The molecule has 3 heterocycles. The molecule has 1 aliphatic heterocycles. The summed E-state index contributed by atoms with van der Waals surface area (Å²) in [6.45, 7) is 7.10. The molecule has 134 valence electrons. The normalized spacial score (nSPS) is 18.6. The monoisotopic (exact) mass is 349 g/mol. The molecule has 3 aromatic rings. The standard InChI is InChI=1S/C20H23N5O/c1-13-16-8-7-15(10-17(16)23-24(13)4)22-19(26)25-12-20(2,3)18(25)14-6-5-9-21-11-14/h5-11,18H,12H2,1-4H3,(H,22,26). The minimum absolute atomic E-state index is 0.0250. The number of pyridine rings is 1. The average molecular weight is 349 g/mol. The summed E-state index contributed by atoms with van der Waals surface area (Å²) >= 11 is 0. The van der Waals surface area contributed by atoms with Gasteiger partial charge in [-0.1, -0.05) is 19.9 Å². The number of rotatable bonds is 2. The summed E-state index contributed by atoms with van der Waals surface area (Å²) in [5, 5.41) is 8.61. The molecule has 2 amide bonds. The molecule has 0 bridgehead atoms. The summed E-state index contributed by atoms with van der Waals surface area (Å²) in [5.74, 6) is 0. The molecule has 1 unspecified atom stereocenters. The van der Waals surface area contributed by atoms with Crippen molar-refractivity contribution < 1.29 is 4.79 Å². The number of benzene rings is 1. The van der Waals surface area contributed by atoms with Crippen LogP contribution >= 0.6 is 0 Å². The highest BCUT2D eigenvalue weighted by molar-refractivity contribution is 5.93. The van der Waals surface area contributed by atoms with Crippen LogP contribution in [-0.2, 0) is 7.05 Å². The minimum Gasteiger partial charge on any atom is -0.316 e. The van der Waals surface area contributed by atoms with E-state index in [1.807, 2.05) is 60.1 Å². The van der Waals surface area contributed by atoms with E-state index in [-0.39, 0.29) is 17.5 Å². The highest BCUT2D eigenvalue weighted by Gasteiger charge is 2.49. The largest absolute Gasteiger partial charge is 0.322 e.